The lowest BCUT2D eigenvalue weighted by Crippen LogP contribution is -2.37. The van der Waals surface area contributed by atoms with Crippen molar-refractivity contribution in [2.24, 2.45) is 11.8 Å². The molecule has 6 heteroatoms. The molecule has 1 amide bonds. The van der Waals surface area contributed by atoms with Crippen molar-refractivity contribution in [1.29, 1.82) is 0 Å². The maximum Gasteiger partial charge on any atom is 0.236 e. The van der Waals surface area contributed by atoms with Crippen molar-refractivity contribution in [2.45, 2.75) is 38.5 Å². The minimum Gasteiger partial charge on any atom is -0.429 e. The first-order valence-electron chi connectivity index (χ1n) is 5.75. The van der Waals surface area contributed by atoms with Crippen molar-refractivity contribution in [3.8, 4) is 0 Å². The average molecular weight is 258 g/mol. The van der Waals surface area contributed by atoms with E-state index in [0.29, 0.717) is 11.1 Å². The number of nitrogens with zero attached hydrogens (tertiary/aromatic N) is 1. The van der Waals surface area contributed by atoms with Crippen LogP contribution in [0.15, 0.2) is 4.42 Å². The van der Waals surface area contributed by atoms with Gasteiger partial charge in [-0.05, 0) is 44.2 Å². The van der Waals surface area contributed by atoms with Gasteiger partial charge in [0.1, 0.15) is 0 Å². The molecule has 0 spiro atoms. The number of hydrogen-bond acceptors (Lipinski definition) is 4. The van der Waals surface area contributed by atoms with Gasteiger partial charge in [0.15, 0.2) is 5.89 Å². The summed E-state index contributed by atoms with van der Waals surface area (Å²) in [7, 11) is 0. The fourth-order valence-corrected chi connectivity index (χ4v) is 2.41. The van der Waals surface area contributed by atoms with Crippen LogP contribution < -0.4 is 11.3 Å². The molecule has 1 aromatic heterocycles. The molecule has 0 aromatic carbocycles. The van der Waals surface area contributed by atoms with E-state index in [2.05, 4.69) is 10.4 Å². The van der Waals surface area contributed by atoms with Gasteiger partial charge in [0.05, 0.1) is 5.69 Å². The Morgan fingerprint density at radius 3 is 2.59 bits per heavy atom. The van der Waals surface area contributed by atoms with Crippen molar-refractivity contribution in [1.82, 2.24) is 10.4 Å². The first-order valence-corrected chi connectivity index (χ1v) is 6.13. The van der Waals surface area contributed by atoms with E-state index in [4.69, 9.17) is 21.9 Å². The summed E-state index contributed by atoms with van der Waals surface area (Å²) >= 11 is 5.84. The third-order valence-electron chi connectivity index (χ3n) is 3.35. The van der Waals surface area contributed by atoms with E-state index in [1.54, 1.807) is 0 Å². The zero-order valence-electron chi connectivity index (χ0n) is 9.70. The molecule has 1 aromatic rings. The summed E-state index contributed by atoms with van der Waals surface area (Å²) in [5.41, 5.74) is 2.93. The van der Waals surface area contributed by atoms with E-state index in [1.165, 1.54) is 0 Å². The number of carbonyl (C=O) groups is 1. The van der Waals surface area contributed by atoms with Crippen LogP contribution in [0.2, 0.25) is 5.22 Å². The summed E-state index contributed by atoms with van der Waals surface area (Å²) in [6.45, 7) is 1.82. The Hall–Kier alpha value is -1.07. The first-order chi connectivity index (χ1) is 8.11. The van der Waals surface area contributed by atoms with E-state index < -0.39 is 0 Å². The van der Waals surface area contributed by atoms with Gasteiger partial charge in [-0.25, -0.2) is 10.8 Å². The van der Waals surface area contributed by atoms with Crippen LogP contribution in [-0.2, 0) is 4.79 Å². The zero-order chi connectivity index (χ0) is 12.4. The molecular formula is C11H16ClN3O2. The van der Waals surface area contributed by atoms with Gasteiger partial charge in [-0.1, -0.05) is 0 Å². The second kappa shape index (κ2) is 5.06. The number of aromatic nitrogens is 1. The molecular weight excluding hydrogens is 242 g/mol. The molecule has 0 aliphatic heterocycles. The number of aryl methyl sites for hydroxylation is 1. The minimum atomic E-state index is -0.0786. The number of nitrogens with two attached hydrogens (primary N) is 1. The van der Waals surface area contributed by atoms with Crippen LogP contribution >= 0.6 is 11.6 Å². The monoisotopic (exact) mass is 257 g/mol. The molecule has 0 atom stereocenters. The lowest BCUT2D eigenvalue weighted by molar-refractivity contribution is -0.126. The van der Waals surface area contributed by atoms with Crippen molar-refractivity contribution >= 4 is 17.5 Å². The molecule has 17 heavy (non-hydrogen) atoms. The summed E-state index contributed by atoms with van der Waals surface area (Å²) in [5, 5.41) is 0.363. The van der Waals surface area contributed by atoms with Crippen LogP contribution in [0.25, 0.3) is 0 Å². The molecule has 1 fully saturated rings. The Morgan fingerprint density at radius 2 is 2.12 bits per heavy atom. The Kier molecular flexibility index (Phi) is 3.69. The third-order valence-corrected chi connectivity index (χ3v) is 3.70. The second-order valence-corrected chi connectivity index (χ2v) is 4.81. The van der Waals surface area contributed by atoms with Gasteiger partial charge in [0.2, 0.25) is 11.1 Å². The maximum absolute atomic E-state index is 11.4. The summed E-state index contributed by atoms with van der Waals surface area (Å²) in [5.74, 6) is 6.02. The minimum absolute atomic E-state index is 0.0165. The van der Waals surface area contributed by atoms with Gasteiger partial charge >= 0.3 is 0 Å². The van der Waals surface area contributed by atoms with Gasteiger partial charge in [0.25, 0.3) is 0 Å². The highest BCUT2D eigenvalue weighted by molar-refractivity contribution is 6.29. The highest BCUT2D eigenvalue weighted by Crippen LogP contribution is 2.36. The maximum atomic E-state index is 11.4. The van der Waals surface area contributed by atoms with Crippen molar-refractivity contribution in [3.63, 3.8) is 0 Å². The standard InChI is InChI=1S/C11H16ClN3O2/c1-6-9(12)17-11(14-6)8-4-2-7(3-5-8)10(16)15-13/h7-8H,2-5,13H2,1H3,(H,15,16)/t7-,8-. The van der Waals surface area contributed by atoms with Gasteiger partial charge < -0.3 is 4.42 Å². The van der Waals surface area contributed by atoms with E-state index in [-0.39, 0.29) is 17.7 Å². The molecule has 1 heterocycles. The van der Waals surface area contributed by atoms with E-state index in [9.17, 15) is 4.79 Å². The fraction of sp³-hybridized carbons (Fsp3) is 0.636. The van der Waals surface area contributed by atoms with Crippen molar-refractivity contribution in [2.75, 3.05) is 0 Å². The summed E-state index contributed by atoms with van der Waals surface area (Å²) < 4.78 is 5.40. The first kappa shape index (κ1) is 12.4. The number of oxazole rings is 1. The van der Waals surface area contributed by atoms with Crippen molar-refractivity contribution in [3.05, 3.63) is 16.8 Å². The predicted molar refractivity (Wildman–Crippen MR) is 63.3 cm³/mol. The predicted octanol–water partition coefficient (Wildman–Crippen LogP) is 1.90. The van der Waals surface area contributed by atoms with E-state index in [1.807, 2.05) is 6.92 Å². The van der Waals surface area contributed by atoms with Crippen LogP contribution in [0.3, 0.4) is 0 Å². The Morgan fingerprint density at radius 1 is 1.47 bits per heavy atom. The molecule has 0 bridgehead atoms. The molecule has 1 aliphatic carbocycles. The molecule has 94 valence electrons. The van der Waals surface area contributed by atoms with Crippen LogP contribution in [-0.4, -0.2) is 10.9 Å². The SMILES string of the molecule is Cc1nc([C@H]2CC[C@H](C(=O)NN)CC2)oc1Cl. The van der Waals surface area contributed by atoms with E-state index >= 15 is 0 Å². The number of carbonyl (C=O) groups excluding carboxylic acids is 1. The summed E-state index contributed by atoms with van der Waals surface area (Å²) in [4.78, 5) is 15.7. The molecule has 0 unspecified atom stereocenters. The molecule has 5 nitrogen and oxygen atoms in total. The number of amides is 1. The summed E-state index contributed by atoms with van der Waals surface area (Å²) in [6.07, 6.45) is 3.39. The van der Waals surface area contributed by atoms with Crippen LogP contribution in [0, 0.1) is 12.8 Å². The lowest BCUT2D eigenvalue weighted by Gasteiger charge is -2.25. The Balaban J connectivity index is 1.97. The normalized spacial score (nSPS) is 24.6. The number of halogens is 1. The Bertz CT molecular complexity index is 391. The number of rotatable bonds is 2. The van der Waals surface area contributed by atoms with Gasteiger partial charge in [-0.3, -0.25) is 10.2 Å². The van der Waals surface area contributed by atoms with Gasteiger partial charge in [-0.15, -0.1) is 0 Å². The molecule has 1 saturated carbocycles. The van der Waals surface area contributed by atoms with Crippen LogP contribution in [0.1, 0.15) is 43.2 Å². The number of hydrazine groups is 1. The van der Waals surface area contributed by atoms with Crippen LogP contribution in [0.4, 0.5) is 0 Å². The van der Waals surface area contributed by atoms with Crippen molar-refractivity contribution < 1.29 is 9.21 Å². The van der Waals surface area contributed by atoms with Gasteiger partial charge in [0, 0.05) is 11.8 Å². The molecule has 1 aliphatic rings. The van der Waals surface area contributed by atoms with E-state index in [0.717, 1.165) is 31.4 Å². The average Bonchev–Trinajstić information content (AvgIpc) is 2.69. The quantitative estimate of drug-likeness (QED) is 0.482. The molecule has 3 N–H and O–H groups in total. The topological polar surface area (TPSA) is 81.2 Å². The zero-order valence-corrected chi connectivity index (χ0v) is 10.5. The second-order valence-electron chi connectivity index (χ2n) is 4.47. The molecule has 2 rings (SSSR count). The highest BCUT2D eigenvalue weighted by atomic mass is 35.5. The highest BCUT2D eigenvalue weighted by Gasteiger charge is 2.29. The summed E-state index contributed by atoms with van der Waals surface area (Å²) in [6, 6.07) is 0. The largest absolute Gasteiger partial charge is 0.429 e. The molecule has 0 saturated heterocycles. The lowest BCUT2D eigenvalue weighted by atomic mass is 9.81. The van der Waals surface area contributed by atoms with Gasteiger partial charge in [-0.2, -0.15) is 0 Å². The Labute approximate surface area is 105 Å². The fourth-order valence-electron chi connectivity index (χ4n) is 2.29. The van der Waals surface area contributed by atoms with Crippen LogP contribution in [0.5, 0.6) is 0 Å². The molecule has 0 radical (unpaired) electrons. The third kappa shape index (κ3) is 2.61. The number of nitrogens with one attached hydrogen (secondary N) is 1. The smallest absolute Gasteiger partial charge is 0.236 e. The number of hydrogen-bond donors (Lipinski definition) is 2.